The number of azo groups is 1. The van der Waals surface area contributed by atoms with E-state index in [9.17, 15) is 25.4 Å². The third-order valence-corrected chi connectivity index (χ3v) is 6.80. The highest BCUT2D eigenvalue weighted by molar-refractivity contribution is 7.99. The van der Waals surface area contributed by atoms with Gasteiger partial charge < -0.3 is 35.7 Å². The zero-order valence-electron chi connectivity index (χ0n) is 23.0. The molecule has 6 N–H and O–H groups in total. The number of methoxy groups -OCH3 is 1. The van der Waals surface area contributed by atoms with Crippen molar-refractivity contribution in [3.05, 3.63) is 64.3 Å². The summed E-state index contributed by atoms with van der Waals surface area (Å²) in [5, 5.41) is 52.5. The van der Waals surface area contributed by atoms with Crippen molar-refractivity contribution in [2.24, 2.45) is 10.2 Å². The minimum Gasteiger partial charge on any atom is -0.494 e. The van der Waals surface area contributed by atoms with Crippen LogP contribution >= 0.6 is 11.8 Å². The molecule has 13 heteroatoms. The van der Waals surface area contributed by atoms with Crippen LogP contribution in [0, 0.1) is 11.3 Å². The molecule has 2 aromatic carbocycles. The number of rotatable bonds is 16. The summed E-state index contributed by atoms with van der Waals surface area (Å²) in [7, 11) is 1.51. The van der Waals surface area contributed by atoms with E-state index in [0.29, 0.717) is 42.5 Å². The molecule has 0 aliphatic rings. The van der Waals surface area contributed by atoms with Crippen LogP contribution in [0.3, 0.4) is 0 Å². The minimum absolute atomic E-state index is 0.0170. The lowest BCUT2D eigenvalue weighted by atomic mass is 10.2. The van der Waals surface area contributed by atoms with Gasteiger partial charge in [-0.3, -0.25) is 9.69 Å². The Morgan fingerprint density at radius 2 is 1.83 bits per heavy atom. The first-order valence-corrected chi connectivity index (χ1v) is 14.0. The van der Waals surface area contributed by atoms with Gasteiger partial charge in [0.15, 0.2) is 5.69 Å². The summed E-state index contributed by atoms with van der Waals surface area (Å²) in [6.07, 6.45) is -0.708. The zero-order chi connectivity index (χ0) is 29.6. The van der Waals surface area contributed by atoms with Crippen molar-refractivity contribution in [2.75, 3.05) is 62.9 Å². The molecule has 0 spiro atoms. The zero-order valence-corrected chi connectivity index (χ0v) is 23.8. The molecule has 1 unspecified atom stereocenters. The normalized spacial score (nSPS) is 11.9. The third-order valence-electron chi connectivity index (χ3n) is 5.82. The van der Waals surface area contributed by atoms with Crippen molar-refractivity contribution < 1.29 is 20.1 Å². The number of aliphatic hydroxyl groups excluding tert-OH is 3. The van der Waals surface area contributed by atoms with Crippen molar-refractivity contribution in [3.63, 3.8) is 0 Å². The van der Waals surface area contributed by atoms with Gasteiger partial charge in [0.05, 0.1) is 26.4 Å². The topological polar surface area (TPSA) is 179 Å². The summed E-state index contributed by atoms with van der Waals surface area (Å²) in [5.41, 5.74) is 0.138. The van der Waals surface area contributed by atoms with Crippen LogP contribution in [0.4, 0.5) is 28.7 Å². The molecule has 41 heavy (non-hydrogen) atoms. The van der Waals surface area contributed by atoms with Crippen molar-refractivity contribution in [1.29, 1.82) is 5.26 Å². The average Bonchev–Trinajstić information content (AvgIpc) is 2.96. The first-order chi connectivity index (χ1) is 19.9. The number of aromatic nitrogens is 1. The molecule has 0 radical (unpaired) electrons. The number of nitrogens with one attached hydrogen (secondary N) is 3. The van der Waals surface area contributed by atoms with Gasteiger partial charge in [-0.05, 0) is 37.3 Å². The molecular weight excluding hydrogens is 546 g/mol. The average molecular weight is 582 g/mol. The molecule has 0 bridgehead atoms. The Morgan fingerprint density at radius 1 is 1.10 bits per heavy atom. The number of thioether (sulfide) groups is 1. The predicted octanol–water partition coefficient (Wildman–Crippen LogP) is 3.59. The van der Waals surface area contributed by atoms with Gasteiger partial charge >= 0.3 is 0 Å². The first kappa shape index (κ1) is 31.6. The number of hydrogen-bond acceptors (Lipinski definition) is 12. The van der Waals surface area contributed by atoms with E-state index in [1.165, 1.54) is 7.11 Å². The lowest BCUT2D eigenvalue weighted by Crippen LogP contribution is -2.31. The van der Waals surface area contributed by atoms with E-state index < -0.39 is 11.5 Å². The number of aliphatic hydroxyl groups is 3. The Labute approximate surface area is 242 Å². The molecule has 0 amide bonds. The smallest absolute Gasteiger partial charge is 0.231 e. The Morgan fingerprint density at radius 3 is 2.46 bits per heavy atom. The molecule has 218 valence electrons. The van der Waals surface area contributed by atoms with E-state index in [1.54, 1.807) is 30.8 Å². The van der Waals surface area contributed by atoms with Gasteiger partial charge in [0.25, 0.3) is 0 Å². The van der Waals surface area contributed by atoms with E-state index >= 15 is 0 Å². The molecule has 1 atom stereocenters. The molecule has 0 saturated heterocycles. The molecule has 1 aromatic heterocycles. The van der Waals surface area contributed by atoms with E-state index in [-0.39, 0.29) is 42.6 Å². The molecule has 0 fully saturated rings. The van der Waals surface area contributed by atoms with Crippen LogP contribution < -0.4 is 20.8 Å². The van der Waals surface area contributed by atoms with Crippen LogP contribution in [0.5, 0.6) is 5.75 Å². The molecular formula is C28H35N7O5S. The molecule has 3 rings (SSSR count). The number of nitriles is 1. The number of para-hydroxylation sites is 1. The summed E-state index contributed by atoms with van der Waals surface area (Å²) in [6, 6.07) is 16.5. The van der Waals surface area contributed by atoms with Crippen LogP contribution in [0.1, 0.15) is 12.5 Å². The van der Waals surface area contributed by atoms with Crippen molar-refractivity contribution >= 4 is 40.5 Å². The van der Waals surface area contributed by atoms with Crippen LogP contribution in [-0.4, -0.2) is 83.6 Å². The van der Waals surface area contributed by atoms with Crippen LogP contribution in [0.15, 0.2) is 68.4 Å². The summed E-state index contributed by atoms with van der Waals surface area (Å²) in [5.74, 6) is 1.53. The minimum atomic E-state index is -0.708. The molecule has 12 nitrogen and oxygen atoms in total. The molecule has 0 aliphatic heterocycles. The highest BCUT2D eigenvalue weighted by atomic mass is 32.2. The third kappa shape index (κ3) is 9.31. The first-order valence-electron chi connectivity index (χ1n) is 13.0. The van der Waals surface area contributed by atoms with Gasteiger partial charge in [0.2, 0.25) is 5.43 Å². The van der Waals surface area contributed by atoms with Gasteiger partial charge in [-0.15, -0.1) is 22.0 Å². The predicted molar refractivity (Wildman–Crippen MR) is 160 cm³/mol. The van der Waals surface area contributed by atoms with E-state index in [0.717, 1.165) is 4.90 Å². The fourth-order valence-corrected chi connectivity index (χ4v) is 4.73. The van der Waals surface area contributed by atoms with Crippen LogP contribution in [0.2, 0.25) is 0 Å². The highest BCUT2D eigenvalue weighted by Gasteiger charge is 2.18. The van der Waals surface area contributed by atoms with Gasteiger partial charge in [0, 0.05) is 42.5 Å². The Bertz CT molecular complexity index is 1390. The number of benzene rings is 2. The van der Waals surface area contributed by atoms with Crippen molar-refractivity contribution in [3.8, 4) is 11.8 Å². The molecule has 0 aliphatic carbocycles. The monoisotopic (exact) mass is 581 g/mol. The maximum absolute atomic E-state index is 13.4. The summed E-state index contributed by atoms with van der Waals surface area (Å²) >= 11 is 1.57. The second kappa shape index (κ2) is 16.4. The number of ether oxygens (including phenoxy) is 1. The second-order valence-electron chi connectivity index (χ2n) is 8.93. The number of aromatic amines is 1. The largest absolute Gasteiger partial charge is 0.494 e. The standard InChI is InChI=1S/C28H35N7O5S/c1-19(38)18-30-27-22(17-29)26(39)25(28(32-27)31-20-6-4-3-5-7-20)34-33-23-16-21(8-9-24(23)40-2)41-15-12-35(10-13-36)11-14-37/h3-9,16,19,36-38H,10-15,18H2,1-2H3,(H3,30,31,32,39). The molecule has 0 saturated carbocycles. The number of pyridine rings is 1. The highest BCUT2D eigenvalue weighted by Crippen LogP contribution is 2.35. The van der Waals surface area contributed by atoms with Crippen molar-refractivity contribution in [2.45, 2.75) is 17.9 Å². The van der Waals surface area contributed by atoms with E-state index in [4.69, 9.17) is 4.74 Å². The van der Waals surface area contributed by atoms with Crippen LogP contribution in [0.25, 0.3) is 0 Å². The van der Waals surface area contributed by atoms with Gasteiger partial charge in [-0.25, -0.2) is 0 Å². The van der Waals surface area contributed by atoms with Crippen LogP contribution in [-0.2, 0) is 0 Å². The van der Waals surface area contributed by atoms with Gasteiger partial charge in [0.1, 0.15) is 34.7 Å². The maximum atomic E-state index is 13.4. The Hall–Kier alpha value is -3.93. The lowest BCUT2D eigenvalue weighted by molar-refractivity contribution is 0.167. The lowest BCUT2D eigenvalue weighted by Gasteiger charge is -2.19. The Balaban J connectivity index is 1.95. The van der Waals surface area contributed by atoms with Crippen molar-refractivity contribution in [1.82, 2.24) is 9.88 Å². The SMILES string of the molecule is COc1ccc(SCCN(CCO)CCO)cc1N=Nc1c(Nc2ccccc2)[nH]c(NCC(C)O)c(C#N)c1=O. The fraction of sp³-hybridized carbons (Fsp3) is 0.357. The molecule has 1 heterocycles. The summed E-state index contributed by atoms with van der Waals surface area (Å²) in [4.78, 5) is 19.3. The quantitative estimate of drug-likeness (QED) is 0.108. The van der Waals surface area contributed by atoms with E-state index in [1.807, 2.05) is 47.4 Å². The number of anilines is 3. The number of hydrogen-bond donors (Lipinski definition) is 6. The van der Waals surface area contributed by atoms with Gasteiger partial charge in [-0.2, -0.15) is 5.26 Å². The second-order valence-corrected chi connectivity index (χ2v) is 10.1. The maximum Gasteiger partial charge on any atom is 0.231 e. The summed E-state index contributed by atoms with van der Waals surface area (Å²) < 4.78 is 5.46. The fourth-order valence-electron chi connectivity index (χ4n) is 3.79. The number of H-pyrrole nitrogens is 1. The molecule has 3 aromatic rings. The Kier molecular flexibility index (Phi) is 12.6. The summed E-state index contributed by atoms with van der Waals surface area (Å²) in [6.45, 7) is 3.37. The van der Waals surface area contributed by atoms with E-state index in [2.05, 4.69) is 25.8 Å². The number of nitrogens with zero attached hydrogens (tertiary/aromatic N) is 4. The van der Waals surface area contributed by atoms with Gasteiger partial charge in [-0.1, -0.05) is 18.2 Å².